The number of hydrogen-bond donors (Lipinski definition) is 4. The molecular weight excluding hydrogens is 424 g/mol. The zero-order chi connectivity index (χ0) is 21.4. The number of halogens is 1. The number of rotatable bonds is 6. The topological polar surface area (TPSA) is 143 Å². The second kappa shape index (κ2) is 9.33. The molecule has 3 heterocycles. The van der Waals surface area contributed by atoms with E-state index in [1.54, 1.807) is 0 Å². The van der Waals surface area contributed by atoms with Crippen molar-refractivity contribution < 1.29 is 20.1 Å². The molecule has 0 unspecified atom stereocenters. The van der Waals surface area contributed by atoms with Crippen LogP contribution in [0.15, 0.2) is 36.7 Å². The molecule has 2 aromatic heterocycles. The van der Waals surface area contributed by atoms with Gasteiger partial charge in [0, 0.05) is 13.6 Å². The van der Waals surface area contributed by atoms with Crippen molar-refractivity contribution in [2.24, 2.45) is 0 Å². The number of aliphatic hydroxyl groups is 3. The summed E-state index contributed by atoms with van der Waals surface area (Å²) in [4.78, 5) is 15.1. The number of aromatic nitrogens is 4. The minimum absolute atomic E-state index is 0. The average Bonchev–Trinajstić information content (AvgIpc) is 3.30. The Hall–Kier alpha value is -2.50. The first-order chi connectivity index (χ1) is 14.4. The number of benzene rings is 1. The third-order valence-electron chi connectivity index (χ3n) is 5.49. The molecule has 31 heavy (non-hydrogen) atoms. The zero-order valence-corrected chi connectivity index (χ0v) is 18.1. The Bertz CT molecular complexity index is 1020. The van der Waals surface area contributed by atoms with Gasteiger partial charge in [0.25, 0.3) is 0 Å². The zero-order valence-electron chi connectivity index (χ0n) is 17.2. The molecule has 0 saturated carbocycles. The number of nitrogen functional groups attached to an aromatic ring is 1. The van der Waals surface area contributed by atoms with Crippen LogP contribution in [0.2, 0.25) is 0 Å². The fraction of sp³-hybridized carbons (Fsp3) is 0.450. The summed E-state index contributed by atoms with van der Waals surface area (Å²) in [6, 6.07) is 10.1. The van der Waals surface area contributed by atoms with Crippen LogP contribution >= 0.6 is 12.4 Å². The van der Waals surface area contributed by atoms with E-state index in [-0.39, 0.29) is 24.1 Å². The van der Waals surface area contributed by atoms with E-state index in [9.17, 15) is 15.3 Å². The van der Waals surface area contributed by atoms with Crippen molar-refractivity contribution in [1.29, 1.82) is 0 Å². The van der Waals surface area contributed by atoms with Gasteiger partial charge in [-0.1, -0.05) is 37.3 Å². The molecule has 5 N–H and O–H groups in total. The van der Waals surface area contributed by atoms with Crippen LogP contribution in [0, 0.1) is 0 Å². The molecule has 1 aliphatic heterocycles. The number of imidazole rings is 1. The standard InChI is InChI=1S/C20H26N6O4.ClH/c1-11(12-6-4-3-5-7-12)8-25(2)20-23-17(21)14-18(24-20)26(10-22-14)19-16(29)15(28)13(9-27)30-19;/h3-7,10-11,13,15-16,19,27-29H,8-9H2,1-2H3,(H2,21,23,24);1H/t11-,13-,15-,16-,19-;/m1./s1. The SMILES string of the molecule is C[C@H](CN(C)c1nc(N)c2ncn([C@@H]3O[C@H](CO)[C@@H](O)[C@H]3O)c2n1)c1ccccc1.Cl. The van der Waals surface area contributed by atoms with Crippen LogP contribution < -0.4 is 10.6 Å². The van der Waals surface area contributed by atoms with Crippen LogP contribution in [0.5, 0.6) is 0 Å². The minimum atomic E-state index is -1.24. The summed E-state index contributed by atoms with van der Waals surface area (Å²) in [7, 11) is 1.88. The Morgan fingerprint density at radius 1 is 1.19 bits per heavy atom. The molecule has 10 nitrogen and oxygen atoms in total. The molecule has 5 atom stereocenters. The quantitative estimate of drug-likeness (QED) is 0.426. The van der Waals surface area contributed by atoms with Gasteiger partial charge in [0.15, 0.2) is 17.7 Å². The third kappa shape index (κ3) is 4.30. The first-order valence-corrected chi connectivity index (χ1v) is 9.79. The van der Waals surface area contributed by atoms with E-state index in [0.29, 0.717) is 23.7 Å². The normalized spacial score (nSPS) is 24.2. The van der Waals surface area contributed by atoms with Crippen molar-refractivity contribution >= 4 is 35.3 Å². The van der Waals surface area contributed by atoms with E-state index < -0.39 is 31.1 Å². The van der Waals surface area contributed by atoms with E-state index >= 15 is 0 Å². The van der Waals surface area contributed by atoms with Gasteiger partial charge in [0.2, 0.25) is 5.95 Å². The van der Waals surface area contributed by atoms with Crippen molar-refractivity contribution in [3.05, 3.63) is 42.2 Å². The summed E-state index contributed by atoms with van der Waals surface area (Å²) in [5, 5.41) is 29.8. The van der Waals surface area contributed by atoms with Gasteiger partial charge < -0.3 is 30.7 Å². The first kappa shape index (κ1) is 23.2. The second-order valence-electron chi connectivity index (χ2n) is 7.65. The number of likely N-dealkylation sites (N-methyl/N-ethyl adjacent to an activating group) is 1. The average molecular weight is 451 g/mol. The Kier molecular flexibility index (Phi) is 6.97. The maximum absolute atomic E-state index is 10.4. The van der Waals surface area contributed by atoms with Gasteiger partial charge in [-0.05, 0) is 11.5 Å². The number of aliphatic hydroxyl groups excluding tert-OH is 3. The molecule has 168 valence electrons. The molecule has 1 aliphatic rings. The third-order valence-corrected chi connectivity index (χ3v) is 5.49. The molecule has 0 spiro atoms. The van der Waals surface area contributed by atoms with Gasteiger partial charge in [0.05, 0.1) is 12.9 Å². The highest BCUT2D eigenvalue weighted by atomic mass is 35.5. The van der Waals surface area contributed by atoms with Crippen molar-refractivity contribution in [2.75, 3.05) is 30.8 Å². The van der Waals surface area contributed by atoms with Crippen LogP contribution in [0.4, 0.5) is 11.8 Å². The summed E-state index contributed by atoms with van der Waals surface area (Å²) in [6.07, 6.45) is -2.86. The summed E-state index contributed by atoms with van der Waals surface area (Å²) >= 11 is 0. The second-order valence-corrected chi connectivity index (χ2v) is 7.65. The molecule has 11 heteroatoms. The molecule has 0 radical (unpaired) electrons. The first-order valence-electron chi connectivity index (χ1n) is 9.79. The molecular formula is C20H27ClN6O4. The number of hydrogen-bond acceptors (Lipinski definition) is 9. The van der Waals surface area contributed by atoms with Crippen LogP contribution in [0.1, 0.15) is 24.6 Å². The molecule has 3 aromatic rings. The lowest BCUT2D eigenvalue weighted by molar-refractivity contribution is -0.0511. The lowest BCUT2D eigenvalue weighted by Gasteiger charge is -2.22. The molecule has 4 rings (SSSR count). The number of ether oxygens (including phenoxy) is 1. The van der Waals surface area contributed by atoms with Crippen LogP contribution in [-0.2, 0) is 4.74 Å². The Balaban J connectivity index is 0.00000272. The molecule has 0 bridgehead atoms. The van der Waals surface area contributed by atoms with Gasteiger partial charge >= 0.3 is 0 Å². The van der Waals surface area contributed by atoms with E-state index in [1.807, 2.05) is 30.1 Å². The highest BCUT2D eigenvalue weighted by molar-refractivity contribution is 5.85. The van der Waals surface area contributed by atoms with Crippen molar-refractivity contribution in [3.63, 3.8) is 0 Å². The van der Waals surface area contributed by atoms with Crippen LogP contribution in [0.3, 0.4) is 0 Å². The molecule has 0 amide bonds. The molecule has 1 fully saturated rings. The van der Waals surface area contributed by atoms with Gasteiger partial charge in [-0.2, -0.15) is 9.97 Å². The summed E-state index contributed by atoms with van der Waals surface area (Å²) in [5.41, 5.74) is 8.08. The van der Waals surface area contributed by atoms with Crippen molar-refractivity contribution in [3.8, 4) is 0 Å². The number of nitrogens with two attached hydrogens (primary N) is 1. The Labute approximate surface area is 185 Å². The van der Waals surface area contributed by atoms with E-state index in [1.165, 1.54) is 16.5 Å². The molecule has 0 aliphatic carbocycles. The predicted octanol–water partition coefficient (Wildman–Crippen LogP) is 0.682. The maximum atomic E-state index is 10.4. The smallest absolute Gasteiger partial charge is 0.229 e. The highest BCUT2D eigenvalue weighted by Crippen LogP contribution is 2.32. The predicted molar refractivity (Wildman–Crippen MR) is 118 cm³/mol. The van der Waals surface area contributed by atoms with Gasteiger partial charge in [-0.25, -0.2) is 4.98 Å². The van der Waals surface area contributed by atoms with Gasteiger partial charge in [0.1, 0.15) is 23.8 Å². The van der Waals surface area contributed by atoms with E-state index in [4.69, 9.17) is 10.5 Å². The Morgan fingerprint density at radius 3 is 2.55 bits per heavy atom. The fourth-order valence-corrected chi connectivity index (χ4v) is 3.77. The monoisotopic (exact) mass is 450 g/mol. The lowest BCUT2D eigenvalue weighted by atomic mass is 10.0. The van der Waals surface area contributed by atoms with Crippen molar-refractivity contribution in [2.45, 2.75) is 37.4 Å². The number of nitrogens with zero attached hydrogens (tertiary/aromatic N) is 5. The molecule has 1 aromatic carbocycles. The maximum Gasteiger partial charge on any atom is 0.229 e. The van der Waals surface area contributed by atoms with E-state index in [0.717, 1.165) is 0 Å². The fourth-order valence-electron chi connectivity index (χ4n) is 3.77. The highest BCUT2D eigenvalue weighted by Gasteiger charge is 2.44. The van der Waals surface area contributed by atoms with Crippen molar-refractivity contribution in [1.82, 2.24) is 19.5 Å². The summed E-state index contributed by atoms with van der Waals surface area (Å²) in [5.74, 6) is 0.859. The Morgan fingerprint density at radius 2 is 1.90 bits per heavy atom. The minimum Gasteiger partial charge on any atom is -0.394 e. The van der Waals surface area contributed by atoms with E-state index in [2.05, 4.69) is 34.0 Å². The summed E-state index contributed by atoms with van der Waals surface area (Å²) in [6.45, 7) is 2.37. The largest absolute Gasteiger partial charge is 0.394 e. The van der Waals surface area contributed by atoms with Crippen LogP contribution in [0.25, 0.3) is 11.2 Å². The van der Waals surface area contributed by atoms with Crippen LogP contribution in [-0.4, -0.2) is 73.3 Å². The number of fused-ring (bicyclic) bond motifs is 1. The van der Waals surface area contributed by atoms with Gasteiger partial charge in [-0.15, -0.1) is 12.4 Å². The molecule has 1 saturated heterocycles. The number of anilines is 2. The lowest BCUT2D eigenvalue weighted by Crippen LogP contribution is -2.33. The van der Waals surface area contributed by atoms with Gasteiger partial charge in [-0.3, -0.25) is 4.57 Å². The summed E-state index contributed by atoms with van der Waals surface area (Å²) < 4.78 is 7.12.